The van der Waals surface area contributed by atoms with E-state index >= 15 is 0 Å². The molecular formula is C23H38. The van der Waals surface area contributed by atoms with Gasteiger partial charge in [-0.2, -0.15) is 0 Å². The van der Waals surface area contributed by atoms with Gasteiger partial charge < -0.3 is 0 Å². The second-order valence-corrected chi connectivity index (χ2v) is 6.93. The number of benzene rings is 1. The van der Waals surface area contributed by atoms with Crippen molar-refractivity contribution < 1.29 is 0 Å². The van der Waals surface area contributed by atoms with Crippen molar-refractivity contribution in [2.24, 2.45) is 0 Å². The summed E-state index contributed by atoms with van der Waals surface area (Å²) in [5.74, 6) is 0. The molecule has 0 N–H and O–H groups in total. The first-order valence-electron chi connectivity index (χ1n) is 10.1. The average Bonchev–Trinajstić information content (AvgIpc) is 2.59. The van der Waals surface area contributed by atoms with Gasteiger partial charge in [-0.1, -0.05) is 114 Å². The summed E-state index contributed by atoms with van der Waals surface area (Å²) in [5, 5.41) is 0. The van der Waals surface area contributed by atoms with Crippen LogP contribution in [0.3, 0.4) is 0 Å². The van der Waals surface area contributed by atoms with E-state index in [1.807, 2.05) is 0 Å². The SMILES string of the molecule is CCCCCCCCCCCCCCC=C(C)c1ccccc1. The minimum Gasteiger partial charge on any atom is -0.0810 e. The Morgan fingerprint density at radius 2 is 1.17 bits per heavy atom. The van der Waals surface area contributed by atoms with Crippen LogP contribution in [0.4, 0.5) is 0 Å². The van der Waals surface area contributed by atoms with Gasteiger partial charge in [-0.25, -0.2) is 0 Å². The van der Waals surface area contributed by atoms with Gasteiger partial charge in [0.25, 0.3) is 0 Å². The van der Waals surface area contributed by atoms with Crippen LogP contribution >= 0.6 is 0 Å². The molecule has 0 unspecified atom stereocenters. The van der Waals surface area contributed by atoms with Crippen molar-refractivity contribution in [1.82, 2.24) is 0 Å². The summed E-state index contributed by atoms with van der Waals surface area (Å²) < 4.78 is 0. The Bertz CT molecular complexity index is 388. The molecule has 0 saturated carbocycles. The Morgan fingerprint density at radius 3 is 1.70 bits per heavy atom. The molecule has 0 heteroatoms. The zero-order chi connectivity index (χ0) is 16.6. The van der Waals surface area contributed by atoms with Gasteiger partial charge in [0, 0.05) is 0 Å². The monoisotopic (exact) mass is 314 g/mol. The molecule has 1 aromatic carbocycles. The normalized spacial score (nSPS) is 11.8. The van der Waals surface area contributed by atoms with Gasteiger partial charge >= 0.3 is 0 Å². The van der Waals surface area contributed by atoms with Crippen LogP contribution in [0.25, 0.3) is 5.57 Å². The Morgan fingerprint density at radius 1 is 0.696 bits per heavy atom. The lowest BCUT2D eigenvalue weighted by Crippen LogP contribution is -1.83. The van der Waals surface area contributed by atoms with Gasteiger partial charge in [0.05, 0.1) is 0 Å². The Hall–Kier alpha value is -1.04. The first-order chi connectivity index (χ1) is 11.3. The van der Waals surface area contributed by atoms with Crippen molar-refractivity contribution in [3.05, 3.63) is 42.0 Å². The fourth-order valence-corrected chi connectivity index (χ4v) is 3.12. The minimum atomic E-state index is 1.23. The molecule has 0 atom stereocenters. The van der Waals surface area contributed by atoms with Crippen LogP contribution in [0.1, 0.15) is 103 Å². The lowest BCUT2D eigenvalue weighted by Gasteiger charge is -2.03. The topological polar surface area (TPSA) is 0 Å². The average molecular weight is 315 g/mol. The molecule has 0 aliphatic rings. The Balaban J connectivity index is 1.88. The molecule has 0 aliphatic heterocycles. The molecule has 0 bridgehead atoms. The maximum atomic E-state index is 2.41. The fourth-order valence-electron chi connectivity index (χ4n) is 3.12. The van der Waals surface area contributed by atoms with Crippen molar-refractivity contribution in [3.8, 4) is 0 Å². The molecular weight excluding hydrogens is 276 g/mol. The summed E-state index contributed by atoms with van der Waals surface area (Å²) in [6.07, 6.45) is 20.8. The van der Waals surface area contributed by atoms with Gasteiger partial charge in [-0.15, -0.1) is 0 Å². The standard InChI is InChI=1S/C23H38/c1-3-4-5-6-7-8-9-10-11-12-13-14-16-19-22(2)23-20-17-15-18-21-23/h15,17-21H,3-14,16H2,1-2H3. The van der Waals surface area contributed by atoms with E-state index in [9.17, 15) is 0 Å². The van der Waals surface area contributed by atoms with E-state index in [0.29, 0.717) is 0 Å². The molecule has 0 nitrogen and oxygen atoms in total. The van der Waals surface area contributed by atoms with Gasteiger partial charge in [0.2, 0.25) is 0 Å². The Kier molecular flexibility index (Phi) is 12.7. The van der Waals surface area contributed by atoms with Crippen molar-refractivity contribution >= 4 is 5.57 Å². The van der Waals surface area contributed by atoms with Crippen molar-refractivity contribution in [1.29, 1.82) is 0 Å². The molecule has 0 fully saturated rings. The predicted molar refractivity (Wildman–Crippen MR) is 106 cm³/mol. The highest BCUT2D eigenvalue weighted by Crippen LogP contribution is 2.16. The van der Waals surface area contributed by atoms with Crippen LogP contribution in [0.5, 0.6) is 0 Å². The molecule has 1 aromatic rings. The first kappa shape index (κ1) is 20.0. The number of hydrogen-bond donors (Lipinski definition) is 0. The minimum absolute atomic E-state index is 1.23. The summed E-state index contributed by atoms with van der Waals surface area (Å²) >= 11 is 0. The van der Waals surface area contributed by atoms with E-state index in [1.54, 1.807) is 0 Å². The van der Waals surface area contributed by atoms with E-state index in [0.717, 1.165) is 0 Å². The van der Waals surface area contributed by atoms with Gasteiger partial charge in [0.1, 0.15) is 0 Å². The van der Waals surface area contributed by atoms with Crippen molar-refractivity contribution in [2.75, 3.05) is 0 Å². The van der Waals surface area contributed by atoms with E-state index in [1.165, 1.54) is 94.6 Å². The quantitative estimate of drug-likeness (QED) is 0.304. The van der Waals surface area contributed by atoms with Gasteiger partial charge in [-0.05, 0) is 30.9 Å². The summed E-state index contributed by atoms with van der Waals surface area (Å²) in [7, 11) is 0. The highest BCUT2D eigenvalue weighted by atomic mass is 14.0. The smallest absolute Gasteiger partial charge is 0.0231 e. The lowest BCUT2D eigenvalue weighted by molar-refractivity contribution is 0.545. The summed E-state index contributed by atoms with van der Waals surface area (Å²) in [6, 6.07) is 10.7. The molecule has 0 heterocycles. The fraction of sp³-hybridized carbons (Fsp3) is 0.652. The summed E-state index contributed by atoms with van der Waals surface area (Å²) in [6.45, 7) is 4.52. The highest BCUT2D eigenvalue weighted by molar-refractivity contribution is 5.63. The third kappa shape index (κ3) is 11.2. The maximum Gasteiger partial charge on any atom is -0.0231 e. The Labute approximate surface area is 145 Å². The number of rotatable bonds is 14. The summed E-state index contributed by atoms with van der Waals surface area (Å²) in [5.41, 5.74) is 2.79. The maximum absolute atomic E-state index is 2.41. The van der Waals surface area contributed by atoms with Crippen LogP contribution in [0.15, 0.2) is 36.4 Å². The number of unbranched alkanes of at least 4 members (excludes halogenated alkanes) is 12. The van der Waals surface area contributed by atoms with Crippen LogP contribution in [-0.2, 0) is 0 Å². The number of allylic oxidation sites excluding steroid dienone is 2. The van der Waals surface area contributed by atoms with Gasteiger partial charge in [-0.3, -0.25) is 0 Å². The highest BCUT2D eigenvalue weighted by Gasteiger charge is 1.95. The molecule has 23 heavy (non-hydrogen) atoms. The first-order valence-corrected chi connectivity index (χ1v) is 10.1. The van der Waals surface area contributed by atoms with E-state index in [-0.39, 0.29) is 0 Å². The zero-order valence-corrected chi connectivity index (χ0v) is 15.7. The van der Waals surface area contributed by atoms with Crippen LogP contribution in [-0.4, -0.2) is 0 Å². The largest absolute Gasteiger partial charge is 0.0810 e. The molecule has 0 spiro atoms. The van der Waals surface area contributed by atoms with Crippen LogP contribution in [0.2, 0.25) is 0 Å². The van der Waals surface area contributed by atoms with E-state index in [2.05, 4.69) is 50.3 Å². The van der Waals surface area contributed by atoms with Gasteiger partial charge in [0.15, 0.2) is 0 Å². The number of hydrogen-bond acceptors (Lipinski definition) is 0. The zero-order valence-electron chi connectivity index (χ0n) is 15.7. The lowest BCUT2D eigenvalue weighted by atomic mass is 10.0. The molecule has 0 aliphatic carbocycles. The molecule has 1 rings (SSSR count). The summed E-state index contributed by atoms with van der Waals surface area (Å²) in [4.78, 5) is 0. The van der Waals surface area contributed by atoms with Crippen molar-refractivity contribution in [3.63, 3.8) is 0 Å². The van der Waals surface area contributed by atoms with E-state index < -0.39 is 0 Å². The molecule has 0 saturated heterocycles. The van der Waals surface area contributed by atoms with Crippen LogP contribution < -0.4 is 0 Å². The molecule has 0 radical (unpaired) electrons. The molecule has 130 valence electrons. The third-order valence-corrected chi connectivity index (χ3v) is 4.74. The van der Waals surface area contributed by atoms with E-state index in [4.69, 9.17) is 0 Å². The molecule has 0 aromatic heterocycles. The van der Waals surface area contributed by atoms with Crippen molar-refractivity contribution in [2.45, 2.75) is 97.3 Å². The third-order valence-electron chi connectivity index (χ3n) is 4.74. The second kappa shape index (κ2) is 14.5. The predicted octanol–water partition coefficient (Wildman–Crippen LogP) is 8.18. The second-order valence-electron chi connectivity index (χ2n) is 6.93. The molecule has 0 amide bonds. The van der Waals surface area contributed by atoms with Crippen LogP contribution in [0, 0.1) is 0 Å².